The maximum absolute atomic E-state index is 5.66. The molecule has 2 aromatic heterocycles. The Hall–Kier alpha value is -2.36. The zero-order valence-electron chi connectivity index (χ0n) is 10.9. The number of benzene rings is 1. The van der Waals surface area contributed by atoms with Crippen molar-refractivity contribution in [2.45, 2.75) is 13.3 Å². The lowest BCUT2D eigenvalue weighted by Gasteiger charge is -2.00. The number of ether oxygens (including phenoxy) is 1. The van der Waals surface area contributed by atoms with E-state index in [1.54, 1.807) is 13.3 Å². The largest absolute Gasteiger partial charge is 0.497 e. The van der Waals surface area contributed by atoms with Crippen molar-refractivity contribution in [3.05, 3.63) is 53.5 Å². The van der Waals surface area contributed by atoms with Gasteiger partial charge in [-0.15, -0.1) is 0 Å². The van der Waals surface area contributed by atoms with Crippen LogP contribution in [0.15, 0.2) is 40.9 Å². The number of oxazole rings is 1. The van der Waals surface area contributed by atoms with Crippen molar-refractivity contribution in [3.63, 3.8) is 0 Å². The average molecular weight is 254 g/mol. The Morgan fingerprint density at radius 2 is 1.95 bits per heavy atom. The number of fused-ring (bicyclic) bond motifs is 1. The number of aromatic nitrogens is 2. The van der Waals surface area contributed by atoms with Crippen molar-refractivity contribution in [3.8, 4) is 5.75 Å². The molecule has 0 amide bonds. The van der Waals surface area contributed by atoms with Gasteiger partial charge in [0.25, 0.3) is 0 Å². The van der Waals surface area contributed by atoms with Gasteiger partial charge in [0.1, 0.15) is 11.3 Å². The van der Waals surface area contributed by atoms with E-state index in [-0.39, 0.29) is 0 Å². The van der Waals surface area contributed by atoms with Gasteiger partial charge in [0.05, 0.1) is 7.11 Å². The van der Waals surface area contributed by atoms with Crippen LogP contribution < -0.4 is 4.74 Å². The zero-order valence-corrected chi connectivity index (χ0v) is 10.9. The van der Waals surface area contributed by atoms with Crippen LogP contribution in [0.25, 0.3) is 11.2 Å². The number of aryl methyl sites for hydroxylation is 1. The van der Waals surface area contributed by atoms with Crippen molar-refractivity contribution < 1.29 is 9.15 Å². The highest BCUT2D eigenvalue weighted by molar-refractivity contribution is 5.71. The molecule has 0 bridgehead atoms. The molecule has 19 heavy (non-hydrogen) atoms. The van der Waals surface area contributed by atoms with E-state index in [1.165, 1.54) is 0 Å². The first-order valence-corrected chi connectivity index (χ1v) is 6.10. The van der Waals surface area contributed by atoms with Gasteiger partial charge in [-0.1, -0.05) is 12.1 Å². The summed E-state index contributed by atoms with van der Waals surface area (Å²) in [4.78, 5) is 8.67. The van der Waals surface area contributed by atoms with Crippen LogP contribution in [0.1, 0.15) is 17.0 Å². The highest BCUT2D eigenvalue weighted by atomic mass is 16.5. The fourth-order valence-corrected chi connectivity index (χ4v) is 1.99. The molecule has 0 radical (unpaired) electrons. The van der Waals surface area contributed by atoms with Crippen LogP contribution in [0.5, 0.6) is 5.75 Å². The molecule has 0 aliphatic rings. The van der Waals surface area contributed by atoms with Crippen molar-refractivity contribution in [2.75, 3.05) is 7.11 Å². The molecule has 2 heterocycles. The summed E-state index contributed by atoms with van der Waals surface area (Å²) < 4.78 is 10.8. The van der Waals surface area contributed by atoms with Gasteiger partial charge in [0.15, 0.2) is 0 Å². The summed E-state index contributed by atoms with van der Waals surface area (Å²) in [5, 5.41) is 0. The molecule has 3 rings (SSSR count). The van der Waals surface area contributed by atoms with Gasteiger partial charge in [0.2, 0.25) is 11.6 Å². The Morgan fingerprint density at radius 1 is 1.16 bits per heavy atom. The fourth-order valence-electron chi connectivity index (χ4n) is 1.99. The van der Waals surface area contributed by atoms with Crippen LogP contribution in [0, 0.1) is 6.92 Å². The second kappa shape index (κ2) is 4.72. The van der Waals surface area contributed by atoms with E-state index in [0.29, 0.717) is 18.0 Å². The summed E-state index contributed by atoms with van der Waals surface area (Å²) >= 11 is 0. The number of hydrogen-bond donors (Lipinski definition) is 0. The maximum Gasteiger partial charge on any atom is 0.247 e. The normalized spacial score (nSPS) is 10.8. The van der Waals surface area contributed by atoms with Gasteiger partial charge in [-0.25, -0.2) is 9.97 Å². The Balaban J connectivity index is 1.90. The van der Waals surface area contributed by atoms with Crippen LogP contribution in [-0.2, 0) is 6.42 Å². The molecule has 0 aliphatic heterocycles. The lowest BCUT2D eigenvalue weighted by molar-refractivity contribution is 0.414. The third kappa shape index (κ3) is 2.29. The monoisotopic (exact) mass is 254 g/mol. The van der Waals surface area contributed by atoms with Gasteiger partial charge in [-0.3, -0.25) is 0 Å². The molecule has 4 heteroatoms. The predicted molar refractivity (Wildman–Crippen MR) is 72.3 cm³/mol. The summed E-state index contributed by atoms with van der Waals surface area (Å²) in [6.07, 6.45) is 2.39. The molecule has 0 aliphatic carbocycles. The molecular formula is C15H14N2O2. The maximum atomic E-state index is 5.66. The third-order valence-corrected chi connectivity index (χ3v) is 3.06. The highest BCUT2D eigenvalue weighted by Gasteiger charge is 2.09. The summed E-state index contributed by atoms with van der Waals surface area (Å²) in [5.41, 5.74) is 3.65. The number of nitrogens with zero attached hydrogens (tertiary/aromatic N) is 2. The summed E-state index contributed by atoms with van der Waals surface area (Å²) in [7, 11) is 1.66. The molecule has 1 aromatic carbocycles. The van der Waals surface area contributed by atoms with Crippen molar-refractivity contribution in [1.82, 2.24) is 9.97 Å². The number of pyridine rings is 1. The van der Waals surface area contributed by atoms with E-state index in [4.69, 9.17) is 9.15 Å². The molecule has 0 saturated carbocycles. The van der Waals surface area contributed by atoms with Crippen LogP contribution in [-0.4, -0.2) is 17.1 Å². The molecule has 0 unspecified atom stereocenters. The molecule has 0 saturated heterocycles. The highest BCUT2D eigenvalue weighted by Crippen LogP contribution is 2.19. The quantitative estimate of drug-likeness (QED) is 0.720. The minimum absolute atomic E-state index is 0.600. The first-order chi connectivity index (χ1) is 9.26. The standard InChI is InChI=1S/C15H14N2O2/c1-10-7-8-16-15-14(10)17-13(19-15)9-11-3-5-12(18-2)6-4-11/h3-8H,9H2,1-2H3. The van der Waals surface area contributed by atoms with Crippen LogP contribution in [0.3, 0.4) is 0 Å². The third-order valence-electron chi connectivity index (χ3n) is 3.06. The first-order valence-electron chi connectivity index (χ1n) is 6.10. The summed E-state index contributed by atoms with van der Waals surface area (Å²) in [6.45, 7) is 2.00. The van der Waals surface area contributed by atoms with Gasteiger partial charge in [-0.2, -0.15) is 0 Å². The number of methoxy groups -OCH3 is 1. The Bertz CT molecular complexity index is 702. The van der Waals surface area contributed by atoms with E-state index in [9.17, 15) is 0 Å². The lowest BCUT2D eigenvalue weighted by Crippen LogP contribution is -1.89. The predicted octanol–water partition coefficient (Wildman–Crippen LogP) is 3.13. The molecule has 3 aromatic rings. The summed E-state index contributed by atoms with van der Waals surface area (Å²) in [5.74, 6) is 1.53. The van der Waals surface area contributed by atoms with Crippen molar-refractivity contribution >= 4 is 11.2 Å². The lowest BCUT2D eigenvalue weighted by atomic mass is 10.1. The molecule has 0 fully saturated rings. The second-order valence-corrected chi connectivity index (χ2v) is 4.41. The molecular weight excluding hydrogens is 240 g/mol. The van der Waals surface area contributed by atoms with Crippen LogP contribution >= 0.6 is 0 Å². The van der Waals surface area contributed by atoms with E-state index in [2.05, 4.69) is 9.97 Å². The Morgan fingerprint density at radius 3 is 2.63 bits per heavy atom. The van der Waals surface area contributed by atoms with Crippen molar-refractivity contribution in [1.29, 1.82) is 0 Å². The minimum Gasteiger partial charge on any atom is -0.497 e. The zero-order chi connectivity index (χ0) is 13.2. The minimum atomic E-state index is 0.600. The van der Waals surface area contributed by atoms with Gasteiger partial charge in [0, 0.05) is 12.6 Å². The Labute approximate surface area is 111 Å². The van der Waals surface area contributed by atoms with E-state index in [0.717, 1.165) is 22.4 Å². The number of rotatable bonds is 3. The van der Waals surface area contributed by atoms with E-state index in [1.807, 2.05) is 37.3 Å². The molecule has 96 valence electrons. The molecule has 0 N–H and O–H groups in total. The van der Waals surface area contributed by atoms with Crippen LogP contribution in [0.4, 0.5) is 0 Å². The van der Waals surface area contributed by atoms with Gasteiger partial charge in [-0.05, 0) is 36.2 Å². The summed E-state index contributed by atoms with van der Waals surface area (Å²) in [6, 6.07) is 9.81. The fraction of sp³-hybridized carbons (Fsp3) is 0.200. The van der Waals surface area contributed by atoms with Gasteiger partial charge >= 0.3 is 0 Å². The Kier molecular flexibility index (Phi) is 2.91. The second-order valence-electron chi connectivity index (χ2n) is 4.41. The van der Waals surface area contributed by atoms with Crippen LogP contribution in [0.2, 0.25) is 0 Å². The molecule has 4 nitrogen and oxygen atoms in total. The van der Waals surface area contributed by atoms with E-state index >= 15 is 0 Å². The van der Waals surface area contributed by atoms with E-state index < -0.39 is 0 Å². The van der Waals surface area contributed by atoms with Crippen molar-refractivity contribution in [2.24, 2.45) is 0 Å². The topological polar surface area (TPSA) is 48.2 Å². The smallest absolute Gasteiger partial charge is 0.247 e. The van der Waals surface area contributed by atoms with Gasteiger partial charge < -0.3 is 9.15 Å². The number of hydrogen-bond acceptors (Lipinski definition) is 4. The molecule has 0 atom stereocenters. The average Bonchev–Trinajstić information content (AvgIpc) is 2.84. The molecule has 0 spiro atoms. The SMILES string of the molecule is COc1ccc(Cc2nc3c(C)ccnc3o2)cc1. The first kappa shape index (κ1) is 11.7.